The largest absolute Gasteiger partial charge is 0.460 e. The number of aliphatic hydroxyl groups excluding tert-OH is 1. The van der Waals surface area contributed by atoms with Gasteiger partial charge in [0.1, 0.15) is 0 Å². The number of rotatable bonds is 19. The minimum absolute atomic E-state index is 0.0464. The minimum atomic E-state index is -7.43. The Kier molecular flexibility index (Phi) is 13.9. The zero-order chi connectivity index (χ0) is 33.0. The monoisotopic (exact) mass is 694 g/mol. The van der Waals surface area contributed by atoms with Crippen LogP contribution in [0.3, 0.4) is 0 Å². The predicted molar refractivity (Wildman–Crippen MR) is 140 cm³/mol. The SMILES string of the molecule is C[Si](C)(C)O[Si](C)(C)O[Si](C)(CCCOCCC(F)(F)C(F)(F)C(F)(F)C(F)(F)C(F)(F)F)O[Si](C)(C)CCCO. The second kappa shape index (κ2) is 13.9. The van der Waals surface area contributed by atoms with Gasteiger partial charge in [-0.2, -0.15) is 48.3 Å². The van der Waals surface area contributed by atoms with Crippen LogP contribution in [0.4, 0.5) is 48.3 Å². The molecule has 5 nitrogen and oxygen atoms in total. The topological polar surface area (TPSA) is 57.2 Å². The average Bonchev–Trinajstić information content (AvgIpc) is 2.70. The highest BCUT2D eigenvalue weighted by molar-refractivity contribution is 6.89. The molecule has 1 unspecified atom stereocenters. The second-order valence-corrected chi connectivity index (χ2v) is 28.2. The highest BCUT2D eigenvalue weighted by atomic mass is 28.5. The molecule has 41 heavy (non-hydrogen) atoms. The Hall–Kier alpha value is -0.102. The highest BCUT2D eigenvalue weighted by Gasteiger charge is 2.86. The van der Waals surface area contributed by atoms with E-state index in [1.807, 2.05) is 45.8 Å². The van der Waals surface area contributed by atoms with Crippen LogP contribution in [-0.4, -0.2) is 88.6 Å². The normalized spacial score (nSPS) is 16.7. The number of hydrogen-bond acceptors (Lipinski definition) is 5. The molecule has 0 saturated heterocycles. The molecule has 0 aromatic heterocycles. The predicted octanol–water partition coefficient (Wildman–Crippen LogP) is 8.13. The van der Waals surface area contributed by atoms with Crippen molar-refractivity contribution in [1.29, 1.82) is 0 Å². The molecule has 0 aromatic rings. The number of halogens is 11. The Bertz CT molecular complexity index is 825. The third-order valence-corrected chi connectivity index (χ3v) is 20.4. The summed E-state index contributed by atoms with van der Waals surface area (Å²) in [5.74, 6) is -27.8. The van der Waals surface area contributed by atoms with Crippen LogP contribution in [0.25, 0.3) is 0 Å². The van der Waals surface area contributed by atoms with Crippen LogP contribution in [0.2, 0.25) is 64.5 Å². The summed E-state index contributed by atoms with van der Waals surface area (Å²) in [6, 6.07) is 0.820. The first-order valence-corrected chi connectivity index (χ1v) is 24.6. The van der Waals surface area contributed by atoms with E-state index in [4.69, 9.17) is 17.1 Å². The maximum Gasteiger partial charge on any atom is 0.460 e. The highest BCUT2D eigenvalue weighted by Crippen LogP contribution is 2.57. The van der Waals surface area contributed by atoms with Crippen LogP contribution in [0, 0.1) is 0 Å². The van der Waals surface area contributed by atoms with E-state index in [-0.39, 0.29) is 25.7 Å². The van der Waals surface area contributed by atoms with Crippen molar-refractivity contribution in [3.63, 3.8) is 0 Å². The number of ether oxygens (including phenoxy) is 1. The Balaban J connectivity index is 5.41. The van der Waals surface area contributed by atoms with Gasteiger partial charge in [-0.3, -0.25) is 0 Å². The fraction of sp³-hybridized carbons (Fsp3) is 1.00. The summed E-state index contributed by atoms with van der Waals surface area (Å²) in [7, 11) is -10.2. The van der Waals surface area contributed by atoms with E-state index in [2.05, 4.69) is 0 Å². The van der Waals surface area contributed by atoms with Crippen molar-refractivity contribution < 1.29 is 70.5 Å². The minimum Gasteiger partial charge on any atom is -0.437 e. The van der Waals surface area contributed by atoms with E-state index >= 15 is 0 Å². The van der Waals surface area contributed by atoms with Gasteiger partial charge in [0, 0.05) is 19.6 Å². The molecule has 0 saturated carbocycles. The first-order valence-electron chi connectivity index (χ1n) is 12.8. The van der Waals surface area contributed by atoms with Crippen LogP contribution in [0.5, 0.6) is 0 Å². The summed E-state index contributed by atoms with van der Waals surface area (Å²) in [5.41, 5.74) is 0. The Morgan fingerprint density at radius 3 is 1.54 bits per heavy atom. The molecular formula is C21H41F11O5Si4. The first kappa shape index (κ1) is 40.9. The summed E-state index contributed by atoms with van der Waals surface area (Å²) in [4.78, 5) is 0. The fourth-order valence-electron chi connectivity index (χ4n) is 4.10. The van der Waals surface area contributed by atoms with Crippen molar-refractivity contribution in [2.45, 2.75) is 114 Å². The molecule has 0 aliphatic heterocycles. The van der Waals surface area contributed by atoms with Crippen LogP contribution < -0.4 is 0 Å². The lowest BCUT2D eigenvalue weighted by Gasteiger charge is -2.42. The van der Waals surface area contributed by atoms with E-state index in [1.165, 1.54) is 0 Å². The number of aliphatic hydroxyl groups is 1. The van der Waals surface area contributed by atoms with Crippen LogP contribution in [0.1, 0.15) is 19.3 Å². The van der Waals surface area contributed by atoms with Gasteiger partial charge in [-0.25, -0.2) is 0 Å². The first-order chi connectivity index (χ1) is 17.9. The van der Waals surface area contributed by atoms with E-state index in [9.17, 15) is 53.4 Å². The Morgan fingerprint density at radius 1 is 0.585 bits per heavy atom. The summed E-state index contributed by atoms with van der Waals surface area (Å²) >= 11 is 0. The Morgan fingerprint density at radius 2 is 1.10 bits per heavy atom. The zero-order valence-corrected chi connectivity index (χ0v) is 28.4. The van der Waals surface area contributed by atoms with E-state index in [0.717, 1.165) is 0 Å². The van der Waals surface area contributed by atoms with Crippen molar-refractivity contribution in [2.75, 3.05) is 19.8 Å². The molecule has 0 spiro atoms. The standard InChI is InChI=1S/C21H41F11O5Si4/c1-38(2,3)35-40(6,7)37-41(8,36-39(4,5)15-9-12-33)16-10-13-34-14-11-17(22,23)18(24,25)19(26,27)20(28,29)21(30,31)32/h33H,9-16H2,1-8H3. The van der Waals surface area contributed by atoms with Gasteiger partial charge in [0.25, 0.3) is 0 Å². The van der Waals surface area contributed by atoms with Crippen LogP contribution in [0.15, 0.2) is 0 Å². The smallest absolute Gasteiger partial charge is 0.437 e. The molecule has 0 aliphatic rings. The van der Waals surface area contributed by atoms with Gasteiger partial charge in [-0.15, -0.1) is 0 Å². The van der Waals surface area contributed by atoms with Gasteiger partial charge >= 0.3 is 47.0 Å². The third kappa shape index (κ3) is 11.7. The molecule has 0 heterocycles. The zero-order valence-electron chi connectivity index (χ0n) is 24.4. The lowest BCUT2D eigenvalue weighted by atomic mass is 9.96. The van der Waals surface area contributed by atoms with Crippen molar-refractivity contribution in [2.24, 2.45) is 0 Å². The second-order valence-electron chi connectivity index (χ2n) is 11.9. The van der Waals surface area contributed by atoms with E-state index in [0.29, 0.717) is 12.5 Å². The van der Waals surface area contributed by atoms with E-state index < -0.39 is 76.7 Å². The molecule has 248 valence electrons. The maximum atomic E-state index is 13.9. The average molecular weight is 695 g/mol. The van der Waals surface area contributed by atoms with Gasteiger partial charge in [-0.05, 0) is 77.3 Å². The summed E-state index contributed by atoms with van der Waals surface area (Å²) < 4.78 is 168. The van der Waals surface area contributed by atoms with Crippen molar-refractivity contribution in [1.82, 2.24) is 0 Å². The third-order valence-electron chi connectivity index (χ3n) is 5.53. The lowest BCUT2D eigenvalue weighted by Crippen LogP contribution is -2.66. The van der Waals surface area contributed by atoms with Gasteiger partial charge in [0.05, 0.1) is 6.61 Å². The van der Waals surface area contributed by atoms with Crippen molar-refractivity contribution >= 4 is 33.8 Å². The molecule has 0 fully saturated rings. The summed E-state index contributed by atoms with van der Waals surface area (Å²) in [5, 5.41) is 9.19. The molecule has 0 amide bonds. The van der Waals surface area contributed by atoms with Crippen molar-refractivity contribution in [3.8, 4) is 0 Å². The molecule has 20 heteroatoms. The molecule has 0 rings (SSSR count). The lowest BCUT2D eigenvalue weighted by molar-refractivity contribution is -0.422. The fourth-order valence-corrected chi connectivity index (χ4v) is 22.9. The van der Waals surface area contributed by atoms with Gasteiger partial charge < -0.3 is 22.2 Å². The summed E-state index contributed by atoms with van der Waals surface area (Å²) in [6.45, 7) is 13.4. The number of hydrogen-bond donors (Lipinski definition) is 1. The molecule has 1 atom stereocenters. The molecule has 0 bridgehead atoms. The van der Waals surface area contributed by atoms with Gasteiger partial charge in [-0.1, -0.05) is 0 Å². The van der Waals surface area contributed by atoms with Gasteiger partial charge in [0.15, 0.2) is 16.6 Å². The number of alkyl halides is 11. The van der Waals surface area contributed by atoms with Crippen LogP contribution >= 0.6 is 0 Å². The molecule has 1 N–H and O–H groups in total. The maximum absolute atomic E-state index is 13.9. The molecule has 0 radical (unpaired) electrons. The Labute approximate surface area is 237 Å². The molecule has 0 aromatic carbocycles. The molecule has 0 aliphatic carbocycles. The quantitative estimate of drug-likeness (QED) is 0.0841. The van der Waals surface area contributed by atoms with Gasteiger partial charge in [0.2, 0.25) is 0 Å². The van der Waals surface area contributed by atoms with E-state index in [1.54, 1.807) is 6.55 Å². The van der Waals surface area contributed by atoms with Crippen LogP contribution in [-0.2, 0) is 17.1 Å². The van der Waals surface area contributed by atoms with Crippen molar-refractivity contribution in [3.05, 3.63) is 0 Å². The summed E-state index contributed by atoms with van der Waals surface area (Å²) in [6.07, 6.45) is -8.86. The molecular weight excluding hydrogens is 654 g/mol.